The minimum absolute atomic E-state index is 0.267. The molecule has 0 aromatic heterocycles. The molecule has 3 nitrogen and oxygen atoms in total. The Labute approximate surface area is 118 Å². The van der Waals surface area contributed by atoms with Gasteiger partial charge in [0.05, 0.1) is 6.10 Å². The van der Waals surface area contributed by atoms with Crippen molar-refractivity contribution in [3.63, 3.8) is 0 Å². The highest BCUT2D eigenvalue weighted by Crippen LogP contribution is 2.35. The smallest absolute Gasteiger partial charge is 0.231 e. The standard InChI is InChI=1S/C17H18O3/c18-15(8-4-7-13-5-2-1-3-6-13)14-9-10-16-17(11-14)20-12-19-16/h1-3,5-6,9-11,15,18H,4,7-8,12H2. The van der Waals surface area contributed by atoms with E-state index in [0.717, 1.165) is 36.3 Å². The van der Waals surface area contributed by atoms with E-state index < -0.39 is 6.10 Å². The molecule has 3 rings (SSSR count). The van der Waals surface area contributed by atoms with Gasteiger partial charge >= 0.3 is 0 Å². The van der Waals surface area contributed by atoms with Crippen LogP contribution in [0.2, 0.25) is 0 Å². The van der Waals surface area contributed by atoms with Crippen LogP contribution in [0.25, 0.3) is 0 Å². The topological polar surface area (TPSA) is 38.7 Å². The van der Waals surface area contributed by atoms with Crippen LogP contribution in [0, 0.1) is 0 Å². The van der Waals surface area contributed by atoms with Gasteiger partial charge in [-0.2, -0.15) is 0 Å². The van der Waals surface area contributed by atoms with Crippen molar-refractivity contribution in [1.29, 1.82) is 0 Å². The third kappa shape index (κ3) is 2.94. The molecule has 1 aliphatic heterocycles. The number of benzene rings is 2. The molecule has 3 heteroatoms. The molecule has 1 aliphatic rings. The van der Waals surface area contributed by atoms with Crippen LogP contribution in [0.3, 0.4) is 0 Å². The van der Waals surface area contributed by atoms with Gasteiger partial charge in [0.25, 0.3) is 0 Å². The van der Waals surface area contributed by atoms with E-state index in [4.69, 9.17) is 9.47 Å². The highest BCUT2D eigenvalue weighted by atomic mass is 16.7. The quantitative estimate of drug-likeness (QED) is 0.904. The Morgan fingerprint density at radius 2 is 1.80 bits per heavy atom. The van der Waals surface area contributed by atoms with E-state index in [2.05, 4.69) is 12.1 Å². The second kappa shape index (κ2) is 5.97. The van der Waals surface area contributed by atoms with Gasteiger partial charge in [0.1, 0.15) is 0 Å². The summed E-state index contributed by atoms with van der Waals surface area (Å²) in [6.45, 7) is 0.267. The van der Waals surface area contributed by atoms with Crippen molar-refractivity contribution in [3.8, 4) is 11.5 Å². The van der Waals surface area contributed by atoms with Crippen molar-refractivity contribution in [2.24, 2.45) is 0 Å². The summed E-state index contributed by atoms with van der Waals surface area (Å²) in [5.74, 6) is 1.48. The number of ether oxygens (including phenoxy) is 2. The van der Waals surface area contributed by atoms with Crippen molar-refractivity contribution < 1.29 is 14.6 Å². The fourth-order valence-electron chi connectivity index (χ4n) is 2.43. The molecule has 0 fully saturated rings. The largest absolute Gasteiger partial charge is 0.454 e. The zero-order valence-electron chi connectivity index (χ0n) is 11.3. The molecule has 104 valence electrons. The van der Waals surface area contributed by atoms with Crippen LogP contribution in [0.1, 0.15) is 30.1 Å². The second-order valence-corrected chi connectivity index (χ2v) is 5.01. The van der Waals surface area contributed by atoms with Crippen LogP contribution in [0.15, 0.2) is 48.5 Å². The molecule has 0 radical (unpaired) electrons. The number of fused-ring (bicyclic) bond motifs is 1. The van der Waals surface area contributed by atoms with Crippen LogP contribution >= 0.6 is 0 Å². The van der Waals surface area contributed by atoms with Gasteiger partial charge in [0.2, 0.25) is 6.79 Å². The first-order valence-corrected chi connectivity index (χ1v) is 6.94. The predicted molar refractivity (Wildman–Crippen MR) is 76.9 cm³/mol. The molecule has 0 aliphatic carbocycles. The van der Waals surface area contributed by atoms with Gasteiger partial charge in [-0.05, 0) is 42.5 Å². The maximum absolute atomic E-state index is 10.2. The fraction of sp³-hybridized carbons (Fsp3) is 0.294. The van der Waals surface area contributed by atoms with Crippen LogP contribution in [-0.2, 0) is 6.42 Å². The Hall–Kier alpha value is -2.00. The molecule has 1 N–H and O–H groups in total. The van der Waals surface area contributed by atoms with Crippen molar-refractivity contribution in [2.75, 3.05) is 6.79 Å². The van der Waals surface area contributed by atoms with E-state index in [1.165, 1.54) is 5.56 Å². The Bertz CT molecular complexity index is 566. The van der Waals surface area contributed by atoms with Gasteiger partial charge < -0.3 is 14.6 Å². The van der Waals surface area contributed by atoms with E-state index in [-0.39, 0.29) is 6.79 Å². The fourth-order valence-corrected chi connectivity index (χ4v) is 2.43. The third-order valence-corrected chi connectivity index (χ3v) is 3.57. The lowest BCUT2D eigenvalue weighted by molar-refractivity contribution is 0.163. The molecule has 1 unspecified atom stereocenters. The number of aliphatic hydroxyl groups excluding tert-OH is 1. The van der Waals surface area contributed by atoms with E-state index in [9.17, 15) is 5.11 Å². The third-order valence-electron chi connectivity index (χ3n) is 3.57. The number of hydrogen-bond acceptors (Lipinski definition) is 3. The first-order chi connectivity index (χ1) is 9.83. The summed E-state index contributed by atoms with van der Waals surface area (Å²) in [6.07, 6.45) is 2.24. The minimum atomic E-state index is -0.451. The molecule has 0 spiro atoms. The van der Waals surface area contributed by atoms with E-state index in [1.54, 1.807) is 0 Å². The first-order valence-electron chi connectivity index (χ1n) is 6.94. The Morgan fingerprint density at radius 1 is 1.00 bits per heavy atom. The maximum atomic E-state index is 10.2. The Kier molecular flexibility index (Phi) is 3.88. The average molecular weight is 270 g/mol. The second-order valence-electron chi connectivity index (χ2n) is 5.01. The number of rotatable bonds is 5. The highest BCUT2D eigenvalue weighted by Gasteiger charge is 2.16. The van der Waals surface area contributed by atoms with Crippen molar-refractivity contribution in [3.05, 3.63) is 59.7 Å². The van der Waals surface area contributed by atoms with Crippen LogP contribution < -0.4 is 9.47 Å². The summed E-state index contributed by atoms with van der Waals surface area (Å²) >= 11 is 0. The molecule has 0 saturated carbocycles. The Balaban J connectivity index is 1.55. The SMILES string of the molecule is OC(CCCc1ccccc1)c1ccc2c(c1)OCO2. The predicted octanol–water partition coefficient (Wildman–Crippen LogP) is 3.47. The lowest BCUT2D eigenvalue weighted by Gasteiger charge is -2.11. The van der Waals surface area contributed by atoms with Gasteiger partial charge in [0, 0.05) is 0 Å². The number of aliphatic hydroxyl groups is 1. The van der Waals surface area contributed by atoms with Crippen LogP contribution in [0.4, 0.5) is 0 Å². The summed E-state index contributed by atoms with van der Waals surface area (Å²) in [7, 11) is 0. The normalized spacial score (nSPS) is 14.2. The lowest BCUT2D eigenvalue weighted by Crippen LogP contribution is -1.98. The van der Waals surface area contributed by atoms with Crippen molar-refractivity contribution in [2.45, 2.75) is 25.4 Å². The minimum Gasteiger partial charge on any atom is -0.454 e. The van der Waals surface area contributed by atoms with Crippen molar-refractivity contribution >= 4 is 0 Å². The Morgan fingerprint density at radius 3 is 2.65 bits per heavy atom. The lowest BCUT2D eigenvalue weighted by atomic mass is 10.0. The molecule has 0 saturated heterocycles. The number of hydrogen-bond donors (Lipinski definition) is 1. The number of aryl methyl sites for hydroxylation is 1. The van der Waals surface area contributed by atoms with Gasteiger partial charge in [-0.15, -0.1) is 0 Å². The van der Waals surface area contributed by atoms with Gasteiger partial charge in [-0.25, -0.2) is 0 Å². The van der Waals surface area contributed by atoms with E-state index >= 15 is 0 Å². The zero-order chi connectivity index (χ0) is 13.8. The zero-order valence-corrected chi connectivity index (χ0v) is 11.3. The van der Waals surface area contributed by atoms with Crippen LogP contribution in [0.5, 0.6) is 11.5 Å². The van der Waals surface area contributed by atoms with Crippen LogP contribution in [-0.4, -0.2) is 11.9 Å². The molecule has 2 aromatic carbocycles. The summed E-state index contributed by atoms with van der Waals surface area (Å²) < 4.78 is 10.6. The molecular formula is C17H18O3. The average Bonchev–Trinajstić information content (AvgIpc) is 2.95. The van der Waals surface area contributed by atoms with E-state index in [0.29, 0.717) is 0 Å². The molecule has 2 aromatic rings. The summed E-state index contributed by atoms with van der Waals surface area (Å²) in [4.78, 5) is 0. The first kappa shape index (κ1) is 13.0. The molecular weight excluding hydrogens is 252 g/mol. The van der Waals surface area contributed by atoms with E-state index in [1.807, 2.05) is 36.4 Å². The molecule has 0 amide bonds. The highest BCUT2D eigenvalue weighted by molar-refractivity contribution is 5.45. The van der Waals surface area contributed by atoms with Gasteiger partial charge in [0.15, 0.2) is 11.5 Å². The van der Waals surface area contributed by atoms with Gasteiger partial charge in [-0.3, -0.25) is 0 Å². The monoisotopic (exact) mass is 270 g/mol. The van der Waals surface area contributed by atoms with Crippen molar-refractivity contribution in [1.82, 2.24) is 0 Å². The summed E-state index contributed by atoms with van der Waals surface area (Å²) in [5.41, 5.74) is 2.20. The molecule has 1 atom stereocenters. The molecule has 20 heavy (non-hydrogen) atoms. The molecule has 0 bridgehead atoms. The maximum Gasteiger partial charge on any atom is 0.231 e. The molecule has 1 heterocycles. The van der Waals surface area contributed by atoms with Gasteiger partial charge in [-0.1, -0.05) is 36.4 Å². The summed E-state index contributed by atoms with van der Waals surface area (Å²) in [5, 5.41) is 10.2. The summed E-state index contributed by atoms with van der Waals surface area (Å²) in [6, 6.07) is 16.0.